The summed E-state index contributed by atoms with van der Waals surface area (Å²) < 4.78 is 5.52. The molecule has 0 amide bonds. The summed E-state index contributed by atoms with van der Waals surface area (Å²) in [7, 11) is 1.76. The first-order valence-corrected chi connectivity index (χ1v) is 8.15. The molecule has 0 aromatic heterocycles. The summed E-state index contributed by atoms with van der Waals surface area (Å²) in [4.78, 5) is 0. The second kappa shape index (κ2) is 7.68. The van der Waals surface area contributed by atoms with E-state index in [9.17, 15) is 0 Å². The van der Waals surface area contributed by atoms with Crippen molar-refractivity contribution in [2.75, 3.05) is 7.11 Å². The van der Waals surface area contributed by atoms with Gasteiger partial charge < -0.3 is 10.1 Å². The van der Waals surface area contributed by atoms with Crippen LogP contribution < -0.4 is 10.1 Å². The van der Waals surface area contributed by atoms with E-state index in [4.69, 9.17) is 4.74 Å². The molecule has 0 saturated heterocycles. The molecule has 1 unspecified atom stereocenters. The van der Waals surface area contributed by atoms with E-state index in [0.29, 0.717) is 12.1 Å². The molecular weight excluding hydrogens is 246 g/mol. The van der Waals surface area contributed by atoms with Crippen molar-refractivity contribution in [3.05, 3.63) is 29.8 Å². The summed E-state index contributed by atoms with van der Waals surface area (Å²) in [5.74, 6) is 1.84. The van der Waals surface area contributed by atoms with E-state index in [1.807, 2.05) is 6.07 Å². The fraction of sp³-hybridized carbons (Fsp3) is 0.667. The molecule has 1 aliphatic rings. The van der Waals surface area contributed by atoms with Crippen molar-refractivity contribution in [1.82, 2.24) is 5.32 Å². The molecule has 2 nitrogen and oxygen atoms in total. The van der Waals surface area contributed by atoms with Crippen LogP contribution in [0.1, 0.15) is 64.0 Å². The van der Waals surface area contributed by atoms with E-state index in [1.165, 1.54) is 37.7 Å². The van der Waals surface area contributed by atoms with Gasteiger partial charge >= 0.3 is 0 Å². The summed E-state index contributed by atoms with van der Waals surface area (Å²) in [5.41, 5.74) is 1.29. The van der Waals surface area contributed by atoms with Gasteiger partial charge in [-0.3, -0.25) is 0 Å². The first-order chi connectivity index (χ1) is 9.76. The van der Waals surface area contributed by atoms with Crippen molar-refractivity contribution in [3.8, 4) is 5.75 Å². The number of benzene rings is 1. The lowest BCUT2D eigenvalue weighted by Crippen LogP contribution is -2.37. The maximum absolute atomic E-state index is 5.52. The summed E-state index contributed by atoms with van der Waals surface area (Å²) in [6.45, 7) is 4.60. The fourth-order valence-corrected chi connectivity index (χ4v) is 3.47. The summed E-state index contributed by atoms with van der Waals surface area (Å²) in [5, 5.41) is 3.85. The Kier molecular flexibility index (Phi) is 5.90. The predicted octanol–water partition coefficient (Wildman–Crippen LogP) is 4.70. The van der Waals surface area contributed by atoms with E-state index >= 15 is 0 Å². The third-order valence-electron chi connectivity index (χ3n) is 4.74. The van der Waals surface area contributed by atoms with Gasteiger partial charge in [-0.2, -0.15) is 0 Å². The normalized spacial score (nSPS) is 19.6. The molecule has 2 atom stereocenters. The van der Waals surface area contributed by atoms with Gasteiger partial charge in [0.2, 0.25) is 0 Å². The molecule has 1 fully saturated rings. The van der Waals surface area contributed by atoms with E-state index in [0.717, 1.165) is 18.1 Å². The lowest BCUT2D eigenvalue weighted by Gasteiger charge is -2.32. The largest absolute Gasteiger partial charge is 0.496 e. The third kappa shape index (κ3) is 3.76. The monoisotopic (exact) mass is 275 g/mol. The Labute approximate surface area is 123 Å². The van der Waals surface area contributed by atoms with Gasteiger partial charge in [0.15, 0.2) is 0 Å². The average molecular weight is 275 g/mol. The van der Waals surface area contributed by atoms with Crippen molar-refractivity contribution in [2.45, 2.75) is 64.5 Å². The molecule has 2 rings (SSSR count). The highest BCUT2D eigenvalue weighted by atomic mass is 16.5. The number of para-hydroxylation sites is 1. The smallest absolute Gasteiger partial charge is 0.123 e. The molecule has 1 aromatic carbocycles. The average Bonchev–Trinajstić information content (AvgIpc) is 2.53. The maximum Gasteiger partial charge on any atom is 0.123 e. The Morgan fingerprint density at radius 3 is 2.55 bits per heavy atom. The molecule has 0 bridgehead atoms. The molecule has 112 valence electrons. The SMILES string of the molecule is CCC(N[C@@H](C)C1CCCCC1)c1ccccc1OC. The van der Waals surface area contributed by atoms with E-state index in [-0.39, 0.29) is 0 Å². The first kappa shape index (κ1) is 15.4. The molecule has 0 heterocycles. The number of methoxy groups -OCH3 is 1. The Balaban J connectivity index is 2.04. The van der Waals surface area contributed by atoms with Gasteiger partial charge in [-0.05, 0) is 38.2 Å². The molecule has 2 heteroatoms. The Morgan fingerprint density at radius 2 is 1.90 bits per heavy atom. The minimum absolute atomic E-state index is 0.392. The van der Waals surface area contributed by atoms with Crippen LogP contribution in [-0.2, 0) is 0 Å². The molecule has 0 radical (unpaired) electrons. The summed E-state index contributed by atoms with van der Waals surface area (Å²) in [6.07, 6.45) is 8.10. The zero-order chi connectivity index (χ0) is 14.4. The van der Waals surface area contributed by atoms with Crippen LogP contribution in [0.3, 0.4) is 0 Å². The van der Waals surface area contributed by atoms with Crippen LogP contribution in [0.4, 0.5) is 0 Å². The Morgan fingerprint density at radius 1 is 1.20 bits per heavy atom. The van der Waals surface area contributed by atoms with Crippen molar-refractivity contribution in [1.29, 1.82) is 0 Å². The highest BCUT2D eigenvalue weighted by Crippen LogP contribution is 2.31. The molecule has 1 saturated carbocycles. The Hall–Kier alpha value is -1.02. The van der Waals surface area contributed by atoms with Gasteiger partial charge in [0.05, 0.1) is 7.11 Å². The Bertz CT molecular complexity index is 398. The number of ether oxygens (including phenoxy) is 1. The molecule has 1 N–H and O–H groups in total. The second-order valence-corrected chi connectivity index (χ2v) is 6.06. The van der Waals surface area contributed by atoms with Gasteiger partial charge in [-0.1, -0.05) is 44.4 Å². The molecular formula is C18H29NO. The van der Waals surface area contributed by atoms with Crippen LogP contribution in [-0.4, -0.2) is 13.2 Å². The van der Waals surface area contributed by atoms with Crippen LogP contribution >= 0.6 is 0 Å². The van der Waals surface area contributed by atoms with E-state index in [2.05, 4.69) is 37.4 Å². The second-order valence-electron chi connectivity index (χ2n) is 6.06. The zero-order valence-electron chi connectivity index (χ0n) is 13.2. The number of nitrogens with one attached hydrogen (secondary N) is 1. The third-order valence-corrected chi connectivity index (χ3v) is 4.74. The van der Waals surface area contributed by atoms with Crippen molar-refractivity contribution < 1.29 is 4.74 Å². The lowest BCUT2D eigenvalue weighted by molar-refractivity contribution is 0.260. The number of hydrogen-bond donors (Lipinski definition) is 1. The lowest BCUT2D eigenvalue weighted by atomic mass is 9.84. The van der Waals surface area contributed by atoms with Crippen molar-refractivity contribution in [2.24, 2.45) is 5.92 Å². The van der Waals surface area contributed by atoms with Crippen molar-refractivity contribution in [3.63, 3.8) is 0 Å². The summed E-state index contributed by atoms with van der Waals surface area (Å²) in [6, 6.07) is 9.37. The van der Waals surface area contributed by atoms with E-state index in [1.54, 1.807) is 7.11 Å². The van der Waals surface area contributed by atoms with Gasteiger partial charge in [-0.15, -0.1) is 0 Å². The number of hydrogen-bond acceptors (Lipinski definition) is 2. The van der Waals surface area contributed by atoms with E-state index < -0.39 is 0 Å². The van der Waals surface area contributed by atoms with Gasteiger partial charge in [-0.25, -0.2) is 0 Å². The van der Waals surface area contributed by atoms with Crippen LogP contribution in [0.15, 0.2) is 24.3 Å². The predicted molar refractivity (Wildman–Crippen MR) is 85.2 cm³/mol. The minimum atomic E-state index is 0.392. The van der Waals surface area contributed by atoms with Gasteiger partial charge in [0.25, 0.3) is 0 Å². The molecule has 0 aliphatic heterocycles. The minimum Gasteiger partial charge on any atom is -0.496 e. The molecule has 0 spiro atoms. The van der Waals surface area contributed by atoms with Crippen LogP contribution in [0.5, 0.6) is 5.75 Å². The zero-order valence-corrected chi connectivity index (χ0v) is 13.2. The first-order valence-electron chi connectivity index (χ1n) is 8.15. The maximum atomic E-state index is 5.52. The topological polar surface area (TPSA) is 21.3 Å². The quantitative estimate of drug-likeness (QED) is 0.812. The van der Waals surface area contributed by atoms with Crippen LogP contribution in [0, 0.1) is 5.92 Å². The highest BCUT2D eigenvalue weighted by molar-refractivity contribution is 5.35. The van der Waals surface area contributed by atoms with Crippen LogP contribution in [0.2, 0.25) is 0 Å². The molecule has 1 aromatic rings. The number of rotatable bonds is 6. The van der Waals surface area contributed by atoms with Gasteiger partial charge in [0, 0.05) is 17.6 Å². The fourth-order valence-electron chi connectivity index (χ4n) is 3.47. The summed E-state index contributed by atoms with van der Waals surface area (Å²) >= 11 is 0. The van der Waals surface area contributed by atoms with Gasteiger partial charge in [0.1, 0.15) is 5.75 Å². The van der Waals surface area contributed by atoms with Crippen molar-refractivity contribution >= 4 is 0 Å². The van der Waals surface area contributed by atoms with Crippen LogP contribution in [0.25, 0.3) is 0 Å². The standard InChI is InChI=1S/C18H29NO/c1-4-17(16-12-8-9-13-18(16)20-3)19-14(2)15-10-6-5-7-11-15/h8-9,12-15,17,19H,4-7,10-11H2,1-3H3/t14-,17?/m0/s1. The molecule has 1 aliphatic carbocycles. The highest BCUT2D eigenvalue weighted by Gasteiger charge is 2.23. The molecule has 20 heavy (non-hydrogen) atoms.